The lowest BCUT2D eigenvalue weighted by Crippen LogP contribution is -2.05. The minimum atomic E-state index is -1.03. The normalized spacial score (nSPS) is 10.1. The molecule has 21 heavy (non-hydrogen) atoms. The van der Waals surface area contributed by atoms with Crippen LogP contribution < -0.4 is 0 Å². The van der Waals surface area contributed by atoms with E-state index in [1.54, 1.807) is 24.3 Å². The van der Waals surface area contributed by atoms with Crippen LogP contribution in [-0.4, -0.2) is 22.6 Å². The van der Waals surface area contributed by atoms with E-state index in [0.717, 1.165) is 0 Å². The van der Waals surface area contributed by atoms with Gasteiger partial charge in [0.25, 0.3) is 0 Å². The van der Waals surface area contributed by atoms with Crippen molar-refractivity contribution >= 4 is 17.5 Å². The summed E-state index contributed by atoms with van der Waals surface area (Å²) in [6, 6.07) is 14.5. The zero-order valence-electron chi connectivity index (χ0n) is 11.3. The first-order valence-electron chi connectivity index (χ1n) is 6.53. The molecule has 0 aliphatic carbocycles. The summed E-state index contributed by atoms with van der Waals surface area (Å²) in [7, 11) is 0. The zero-order valence-corrected chi connectivity index (χ0v) is 11.3. The molecule has 0 spiro atoms. The minimum Gasteiger partial charge on any atom is -0.478 e. The first kappa shape index (κ1) is 14.7. The van der Waals surface area contributed by atoms with Crippen LogP contribution >= 0.6 is 0 Å². The highest BCUT2D eigenvalue weighted by atomic mass is 16.4. The molecule has 4 heteroatoms. The quantitative estimate of drug-likeness (QED) is 0.826. The van der Waals surface area contributed by atoms with Crippen LogP contribution in [0.25, 0.3) is 0 Å². The van der Waals surface area contributed by atoms with Gasteiger partial charge in [-0.25, -0.2) is 4.79 Å². The number of rotatable bonds is 6. The molecular formula is C17H14O4. The molecule has 0 aliphatic heterocycles. The van der Waals surface area contributed by atoms with E-state index in [4.69, 9.17) is 5.11 Å². The van der Waals surface area contributed by atoms with Crippen molar-refractivity contribution < 1.29 is 19.5 Å². The lowest BCUT2D eigenvalue weighted by molar-refractivity contribution is 0.0696. The molecule has 0 aliphatic rings. The molecule has 0 aromatic heterocycles. The van der Waals surface area contributed by atoms with Crippen molar-refractivity contribution in [3.05, 3.63) is 71.3 Å². The lowest BCUT2D eigenvalue weighted by atomic mass is 10.0. The molecular weight excluding hydrogens is 268 g/mol. The van der Waals surface area contributed by atoms with E-state index in [1.807, 2.05) is 6.07 Å². The molecule has 1 N–H and O–H groups in total. The third kappa shape index (κ3) is 3.86. The van der Waals surface area contributed by atoms with Crippen LogP contribution in [0.2, 0.25) is 0 Å². The van der Waals surface area contributed by atoms with Crippen LogP contribution in [0.15, 0.2) is 54.6 Å². The highest BCUT2D eigenvalue weighted by molar-refractivity contribution is 6.02. The summed E-state index contributed by atoms with van der Waals surface area (Å²) < 4.78 is 0. The summed E-state index contributed by atoms with van der Waals surface area (Å²) in [4.78, 5) is 34.6. The van der Waals surface area contributed by atoms with Crippen molar-refractivity contribution in [2.24, 2.45) is 0 Å². The lowest BCUT2D eigenvalue weighted by Gasteiger charge is -2.02. The molecule has 0 atom stereocenters. The summed E-state index contributed by atoms with van der Waals surface area (Å²) in [5.74, 6) is -1.28. The fraction of sp³-hybridized carbons (Fsp3) is 0.118. The number of ketones is 2. The molecule has 0 fully saturated rings. The fourth-order valence-corrected chi connectivity index (χ4v) is 1.94. The second-order valence-corrected chi connectivity index (χ2v) is 4.59. The number of aromatic carboxylic acids is 1. The number of Topliss-reactive ketones (excluding diaryl/α,β-unsaturated/α-hetero) is 2. The van der Waals surface area contributed by atoms with Crippen molar-refractivity contribution in [1.82, 2.24) is 0 Å². The highest BCUT2D eigenvalue weighted by Crippen LogP contribution is 2.11. The first-order valence-corrected chi connectivity index (χ1v) is 6.53. The summed E-state index contributed by atoms with van der Waals surface area (Å²) in [5.41, 5.74) is 1.14. The Bertz CT molecular complexity index is 657. The number of hydrogen-bond donors (Lipinski definition) is 1. The first-order chi connectivity index (χ1) is 10.1. The van der Waals surface area contributed by atoms with Crippen molar-refractivity contribution in [2.75, 3.05) is 0 Å². The monoisotopic (exact) mass is 282 g/mol. The number of hydrogen-bond acceptors (Lipinski definition) is 3. The van der Waals surface area contributed by atoms with Gasteiger partial charge in [-0.3, -0.25) is 9.59 Å². The third-order valence-electron chi connectivity index (χ3n) is 3.13. The molecule has 0 radical (unpaired) electrons. The Hall–Kier alpha value is -2.75. The molecule has 2 rings (SSSR count). The fourth-order valence-electron chi connectivity index (χ4n) is 1.94. The Morgan fingerprint density at radius 3 is 1.57 bits per heavy atom. The van der Waals surface area contributed by atoms with Crippen LogP contribution in [0.1, 0.15) is 43.9 Å². The van der Waals surface area contributed by atoms with E-state index >= 15 is 0 Å². The Labute approximate surface area is 122 Å². The third-order valence-corrected chi connectivity index (χ3v) is 3.13. The summed E-state index contributed by atoms with van der Waals surface area (Å²) >= 11 is 0. The van der Waals surface area contributed by atoms with Gasteiger partial charge in [-0.1, -0.05) is 42.5 Å². The van der Waals surface area contributed by atoms with Crippen LogP contribution in [0, 0.1) is 0 Å². The Morgan fingerprint density at radius 1 is 0.667 bits per heavy atom. The summed E-state index contributed by atoms with van der Waals surface area (Å²) in [5, 5.41) is 8.79. The molecule has 0 heterocycles. The maximum atomic E-state index is 12.0. The standard InChI is InChI=1S/C17H14O4/c18-15(12-4-2-1-3-5-12)10-11-16(19)13-6-8-14(9-7-13)17(20)21/h1-9H,10-11H2,(H,20,21). The van der Waals surface area contributed by atoms with Crippen LogP contribution in [0.5, 0.6) is 0 Å². The smallest absolute Gasteiger partial charge is 0.335 e. The van der Waals surface area contributed by atoms with Crippen molar-refractivity contribution in [2.45, 2.75) is 12.8 Å². The SMILES string of the molecule is O=C(O)c1ccc(C(=O)CCC(=O)c2ccccc2)cc1. The molecule has 2 aromatic carbocycles. The number of carboxylic acid groups (broad SMARTS) is 1. The average Bonchev–Trinajstić information content (AvgIpc) is 2.53. The van der Waals surface area contributed by atoms with Crippen molar-refractivity contribution in [3.63, 3.8) is 0 Å². The molecule has 0 bridgehead atoms. The molecule has 2 aromatic rings. The summed E-state index contributed by atoms with van der Waals surface area (Å²) in [6.07, 6.45) is 0.254. The van der Waals surface area contributed by atoms with Crippen LogP contribution in [0.4, 0.5) is 0 Å². The second-order valence-electron chi connectivity index (χ2n) is 4.59. The predicted molar refractivity (Wildman–Crippen MR) is 77.7 cm³/mol. The van der Waals surface area contributed by atoms with E-state index in [-0.39, 0.29) is 30.0 Å². The van der Waals surface area contributed by atoms with E-state index in [2.05, 4.69) is 0 Å². The predicted octanol–water partition coefficient (Wildman–Crippen LogP) is 3.23. The molecule has 4 nitrogen and oxygen atoms in total. The van der Waals surface area contributed by atoms with Gasteiger partial charge in [0.2, 0.25) is 0 Å². The Balaban J connectivity index is 1.96. The number of carboxylic acids is 1. The molecule has 106 valence electrons. The van der Waals surface area contributed by atoms with Gasteiger partial charge in [0.15, 0.2) is 11.6 Å². The van der Waals surface area contributed by atoms with Gasteiger partial charge in [-0.2, -0.15) is 0 Å². The van der Waals surface area contributed by atoms with E-state index in [9.17, 15) is 14.4 Å². The van der Waals surface area contributed by atoms with Gasteiger partial charge < -0.3 is 5.11 Å². The van der Waals surface area contributed by atoms with Gasteiger partial charge in [-0.15, -0.1) is 0 Å². The second kappa shape index (κ2) is 6.61. The summed E-state index contributed by atoms with van der Waals surface area (Å²) in [6.45, 7) is 0. The topological polar surface area (TPSA) is 71.4 Å². The highest BCUT2D eigenvalue weighted by Gasteiger charge is 2.11. The van der Waals surface area contributed by atoms with Crippen molar-refractivity contribution in [1.29, 1.82) is 0 Å². The van der Waals surface area contributed by atoms with Crippen LogP contribution in [0.3, 0.4) is 0 Å². The number of benzene rings is 2. The van der Waals surface area contributed by atoms with Gasteiger partial charge in [0, 0.05) is 24.0 Å². The Morgan fingerprint density at radius 2 is 1.10 bits per heavy atom. The Kier molecular flexibility index (Phi) is 4.61. The zero-order chi connectivity index (χ0) is 15.2. The maximum Gasteiger partial charge on any atom is 0.335 e. The molecule has 0 saturated carbocycles. The number of carbonyl (C=O) groups excluding carboxylic acids is 2. The van der Waals surface area contributed by atoms with Crippen LogP contribution in [-0.2, 0) is 0 Å². The van der Waals surface area contributed by atoms with E-state index in [1.165, 1.54) is 24.3 Å². The van der Waals surface area contributed by atoms with Crippen molar-refractivity contribution in [3.8, 4) is 0 Å². The molecule has 0 amide bonds. The largest absolute Gasteiger partial charge is 0.478 e. The molecule has 0 saturated heterocycles. The minimum absolute atomic E-state index is 0.0777. The molecule has 0 unspecified atom stereocenters. The average molecular weight is 282 g/mol. The van der Waals surface area contributed by atoms with E-state index < -0.39 is 5.97 Å². The van der Waals surface area contributed by atoms with Gasteiger partial charge in [0.05, 0.1) is 5.56 Å². The van der Waals surface area contributed by atoms with Gasteiger partial charge in [0.1, 0.15) is 0 Å². The van der Waals surface area contributed by atoms with Gasteiger partial charge >= 0.3 is 5.97 Å². The van der Waals surface area contributed by atoms with Gasteiger partial charge in [-0.05, 0) is 12.1 Å². The number of carbonyl (C=O) groups is 3. The maximum absolute atomic E-state index is 12.0. The van der Waals surface area contributed by atoms with E-state index in [0.29, 0.717) is 11.1 Å².